The van der Waals surface area contributed by atoms with Crippen molar-refractivity contribution < 1.29 is 9.59 Å². The fraction of sp³-hybridized carbons (Fsp3) is 0.529. The molecule has 0 spiro atoms. The Morgan fingerprint density at radius 1 is 1.27 bits per heavy atom. The van der Waals surface area contributed by atoms with Gasteiger partial charge in [-0.2, -0.15) is 0 Å². The van der Waals surface area contributed by atoms with Crippen LogP contribution in [0, 0.1) is 19.8 Å². The van der Waals surface area contributed by atoms with Crippen LogP contribution in [0.3, 0.4) is 0 Å². The normalized spacial score (nSPS) is 10.7. The standard InChI is InChI=1S/C17H25ClN2O2/c1-11(2)6-7-19-16(22)10-20(14(5)21)17-13(4)8-12(3)9-15(17)18/h8-9,11H,6-7,10H2,1-5H3,(H,19,22). The van der Waals surface area contributed by atoms with E-state index in [1.165, 1.54) is 11.8 Å². The Bertz CT molecular complexity index is 533. The minimum absolute atomic E-state index is 0.0168. The van der Waals surface area contributed by atoms with Crippen LogP contribution in [0.5, 0.6) is 0 Å². The number of halogens is 1. The first kappa shape index (κ1) is 18.5. The molecular formula is C17H25ClN2O2. The van der Waals surface area contributed by atoms with E-state index in [0.717, 1.165) is 17.5 Å². The summed E-state index contributed by atoms with van der Waals surface area (Å²) >= 11 is 6.28. The molecule has 0 unspecified atom stereocenters. The third-order valence-electron chi connectivity index (χ3n) is 3.39. The Morgan fingerprint density at radius 3 is 2.41 bits per heavy atom. The van der Waals surface area contributed by atoms with Crippen molar-refractivity contribution in [2.45, 2.75) is 41.0 Å². The van der Waals surface area contributed by atoms with Crippen molar-refractivity contribution in [1.82, 2.24) is 5.32 Å². The smallest absolute Gasteiger partial charge is 0.240 e. The number of amides is 2. The first-order valence-corrected chi connectivity index (χ1v) is 7.91. The lowest BCUT2D eigenvalue weighted by Gasteiger charge is -2.24. The van der Waals surface area contributed by atoms with Crippen LogP contribution >= 0.6 is 11.6 Å². The van der Waals surface area contributed by atoms with Gasteiger partial charge in [-0.05, 0) is 43.4 Å². The van der Waals surface area contributed by atoms with Crippen molar-refractivity contribution in [2.24, 2.45) is 5.92 Å². The van der Waals surface area contributed by atoms with Crippen LogP contribution < -0.4 is 10.2 Å². The molecule has 2 amide bonds. The van der Waals surface area contributed by atoms with Gasteiger partial charge in [-0.25, -0.2) is 0 Å². The van der Waals surface area contributed by atoms with Gasteiger partial charge in [0.2, 0.25) is 11.8 Å². The maximum absolute atomic E-state index is 12.1. The molecule has 0 heterocycles. The van der Waals surface area contributed by atoms with E-state index in [1.807, 2.05) is 19.9 Å². The van der Waals surface area contributed by atoms with E-state index in [2.05, 4.69) is 19.2 Å². The summed E-state index contributed by atoms with van der Waals surface area (Å²) in [6.07, 6.45) is 0.913. The largest absolute Gasteiger partial charge is 0.355 e. The molecule has 0 bridgehead atoms. The Kier molecular flexibility index (Phi) is 6.88. The van der Waals surface area contributed by atoms with Crippen LogP contribution in [-0.2, 0) is 9.59 Å². The summed E-state index contributed by atoms with van der Waals surface area (Å²) < 4.78 is 0. The molecule has 22 heavy (non-hydrogen) atoms. The molecule has 0 fully saturated rings. The fourth-order valence-electron chi connectivity index (χ4n) is 2.30. The molecule has 0 aliphatic rings. The molecule has 1 aromatic carbocycles. The molecule has 0 aliphatic heterocycles. The fourth-order valence-corrected chi connectivity index (χ4v) is 2.72. The number of carbonyl (C=O) groups excluding carboxylic acids is 2. The van der Waals surface area contributed by atoms with Gasteiger partial charge in [0, 0.05) is 13.5 Å². The molecule has 0 radical (unpaired) electrons. The molecule has 1 aromatic rings. The van der Waals surface area contributed by atoms with E-state index >= 15 is 0 Å². The minimum Gasteiger partial charge on any atom is -0.355 e. The van der Waals surface area contributed by atoms with E-state index in [4.69, 9.17) is 11.6 Å². The number of hydrogen-bond donors (Lipinski definition) is 1. The average molecular weight is 325 g/mol. The van der Waals surface area contributed by atoms with Crippen molar-refractivity contribution >= 4 is 29.1 Å². The number of anilines is 1. The SMILES string of the molecule is CC(=O)N(CC(=O)NCCC(C)C)c1c(C)cc(C)cc1Cl. The highest BCUT2D eigenvalue weighted by molar-refractivity contribution is 6.34. The van der Waals surface area contributed by atoms with Crippen LogP contribution in [0.2, 0.25) is 5.02 Å². The Balaban J connectivity index is 2.87. The van der Waals surface area contributed by atoms with Gasteiger partial charge in [-0.15, -0.1) is 0 Å². The van der Waals surface area contributed by atoms with Gasteiger partial charge in [0.25, 0.3) is 0 Å². The predicted molar refractivity (Wildman–Crippen MR) is 91.4 cm³/mol. The molecule has 1 rings (SSSR count). The maximum Gasteiger partial charge on any atom is 0.240 e. The third kappa shape index (κ3) is 5.34. The highest BCUT2D eigenvalue weighted by Gasteiger charge is 2.20. The molecule has 0 aromatic heterocycles. The molecule has 0 atom stereocenters. The lowest BCUT2D eigenvalue weighted by atomic mass is 10.1. The molecule has 5 heteroatoms. The lowest BCUT2D eigenvalue weighted by molar-refractivity contribution is -0.123. The molecule has 1 N–H and O–H groups in total. The van der Waals surface area contributed by atoms with Gasteiger partial charge < -0.3 is 10.2 Å². The molecule has 0 aliphatic carbocycles. The average Bonchev–Trinajstić information content (AvgIpc) is 2.35. The summed E-state index contributed by atoms with van der Waals surface area (Å²) in [4.78, 5) is 25.4. The Labute approximate surface area is 137 Å². The van der Waals surface area contributed by atoms with Crippen LogP contribution in [0.15, 0.2) is 12.1 Å². The second-order valence-electron chi connectivity index (χ2n) is 6.05. The van der Waals surface area contributed by atoms with Crippen LogP contribution in [-0.4, -0.2) is 24.9 Å². The van der Waals surface area contributed by atoms with Gasteiger partial charge in [0.05, 0.1) is 10.7 Å². The summed E-state index contributed by atoms with van der Waals surface area (Å²) in [6.45, 7) is 10.1. The van der Waals surface area contributed by atoms with Crippen LogP contribution in [0.1, 0.15) is 38.3 Å². The Hall–Kier alpha value is -1.55. The van der Waals surface area contributed by atoms with E-state index < -0.39 is 0 Å². The number of carbonyl (C=O) groups is 2. The zero-order valence-electron chi connectivity index (χ0n) is 14.0. The van der Waals surface area contributed by atoms with Crippen molar-refractivity contribution in [2.75, 3.05) is 18.0 Å². The zero-order chi connectivity index (χ0) is 16.9. The van der Waals surface area contributed by atoms with Crippen molar-refractivity contribution in [3.63, 3.8) is 0 Å². The topological polar surface area (TPSA) is 49.4 Å². The molecule has 4 nitrogen and oxygen atoms in total. The third-order valence-corrected chi connectivity index (χ3v) is 3.68. The number of benzene rings is 1. The predicted octanol–water partition coefficient (Wildman–Crippen LogP) is 3.47. The van der Waals surface area contributed by atoms with Crippen molar-refractivity contribution in [3.8, 4) is 0 Å². The van der Waals surface area contributed by atoms with Crippen LogP contribution in [0.25, 0.3) is 0 Å². The molecule has 122 valence electrons. The quantitative estimate of drug-likeness (QED) is 0.871. The molecular weight excluding hydrogens is 300 g/mol. The summed E-state index contributed by atoms with van der Waals surface area (Å²) in [5.74, 6) is 0.151. The number of aryl methyl sites for hydroxylation is 2. The Morgan fingerprint density at radius 2 is 1.91 bits per heavy atom. The van der Waals surface area contributed by atoms with E-state index in [9.17, 15) is 9.59 Å². The van der Waals surface area contributed by atoms with Gasteiger partial charge in [-0.3, -0.25) is 9.59 Å². The first-order chi connectivity index (χ1) is 10.2. The number of hydrogen-bond acceptors (Lipinski definition) is 2. The van der Waals surface area contributed by atoms with Gasteiger partial charge >= 0.3 is 0 Å². The first-order valence-electron chi connectivity index (χ1n) is 7.54. The van der Waals surface area contributed by atoms with E-state index in [0.29, 0.717) is 23.2 Å². The summed E-state index contributed by atoms with van der Waals surface area (Å²) in [5.41, 5.74) is 2.52. The molecule has 0 saturated carbocycles. The van der Waals surface area contributed by atoms with Gasteiger partial charge in [0.15, 0.2) is 0 Å². The molecule has 0 saturated heterocycles. The van der Waals surface area contributed by atoms with Crippen molar-refractivity contribution in [3.05, 3.63) is 28.3 Å². The van der Waals surface area contributed by atoms with Gasteiger partial charge in [0.1, 0.15) is 6.54 Å². The van der Waals surface area contributed by atoms with E-state index in [1.54, 1.807) is 6.07 Å². The maximum atomic E-state index is 12.1. The highest BCUT2D eigenvalue weighted by atomic mass is 35.5. The minimum atomic E-state index is -0.201. The summed E-state index contributed by atoms with van der Waals surface area (Å²) in [7, 11) is 0. The zero-order valence-corrected chi connectivity index (χ0v) is 14.8. The number of rotatable bonds is 6. The summed E-state index contributed by atoms with van der Waals surface area (Å²) in [5, 5.41) is 3.33. The highest BCUT2D eigenvalue weighted by Crippen LogP contribution is 2.31. The summed E-state index contributed by atoms with van der Waals surface area (Å²) in [6, 6.07) is 3.75. The van der Waals surface area contributed by atoms with E-state index in [-0.39, 0.29) is 18.4 Å². The number of nitrogens with one attached hydrogen (secondary N) is 1. The van der Waals surface area contributed by atoms with Crippen LogP contribution in [0.4, 0.5) is 5.69 Å². The second-order valence-corrected chi connectivity index (χ2v) is 6.46. The second kappa shape index (κ2) is 8.18. The lowest BCUT2D eigenvalue weighted by Crippen LogP contribution is -2.40. The van der Waals surface area contributed by atoms with Gasteiger partial charge in [-0.1, -0.05) is 31.5 Å². The van der Waals surface area contributed by atoms with Crippen molar-refractivity contribution in [1.29, 1.82) is 0 Å². The number of nitrogens with zero attached hydrogens (tertiary/aromatic N) is 1. The monoisotopic (exact) mass is 324 g/mol.